The summed E-state index contributed by atoms with van der Waals surface area (Å²) in [5, 5.41) is 11.6. The summed E-state index contributed by atoms with van der Waals surface area (Å²) in [6.45, 7) is 1.63. The fourth-order valence-electron chi connectivity index (χ4n) is 1.52. The molecule has 0 spiro atoms. The fraction of sp³-hybridized carbons (Fsp3) is 0.0769. The highest BCUT2D eigenvalue weighted by Gasteiger charge is 2.13. The van der Waals surface area contributed by atoms with Crippen LogP contribution in [0.2, 0.25) is 0 Å². The van der Waals surface area contributed by atoms with Crippen LogP contribution in [0, 0.1) is 12.7 Å². The number of amidine groups is 1. The maximum Gasteiger partial charge on any atom is 0.230 e. The molecule has 2 rings (SSSR count). The first-order chi connectivity index (χ1) is 9.13. The van der Waals surface area contributed by atoms with Gasteiger partial charge in [-0.2, -0.15) is 0 Å². The molecule has 0 atom stereocenters. The first-order valence-electron chi connectivity index (χ1n) is 5.49. The van der Waals surface area contributed by atoms with E-state index in [0.29, 0.717) is 5.56 Å². The van der Waals surface area contributed by atoms with Gasteiger partial charge in [0.2, 0.25) is 5.88 Å². The van der Waals surface area contributed by atoms with Crippen LogP contribution >= 0.6 is 0 Å². The van der Waals surface area contributed by atoms with Gasteiger partial charge in [0.15, 0.2) is 17.4 Å². The summed E-state index contributed by atoms with van der Waals surface area (Å²) in [5.41, 5.74) is 6.24. The van der Waals surface area contributed by atoms with E-state index in [9.17, 15) is 4.39 Å². The minimum Gasteiger partial charge on any atom is -0.435 e. The number of aryl methyl sites for hydroxylation is 1. The normalized spacial score (nSPS) is 11.4. The Bertz CT molecular complexity index is 629. The van der Waals surface area contributed by atoms with Crippen molar-refractivity contribution in [2.75, 3.05) is 0 Å². The van der Waals surface area contributed by atoms with Gasteiger partial charge in [0.1, 0.15) is 0 Å². The molecule has 0 aliphatic carbocycles. The lowest BCUT2D eigenvalue weighted by molar-refractivity contribution is 0.318. The zero-order valence-corrected chi connectivity index (χ0v) is 10.2. The van der Waals surface area contributed by atoms with E-state index in [1.165, 1.54) is 12.3 Å². The van der Waals surface area contributed by atoms with Crippen LogP contribution in [0.25, 0.3) is 0 Å². The van der Waals surface area contributed by atoms with Gasteiger partial charge >= 0.3 is 0 Å². The molecular formula is C13H12FN3O2. The number of nitrogens with zero attached hydrogens (tertiary/aromatic N) is 2. The number of oxime groups is 1. The van der Waals surface area contributed by atoms with Crippen LogP contribution < -0.4 is 10.5 Å². The lowest BCUT2D eigenvalue weighted by Gasteiger charge is -2.10. The van der Waals surface area contributed by atoms with Gasteiger partial charge < -0.3 is 15.7 Å². The Kier molecular flexibility index (Phi) is 3.61. The lowest BCUT2D eigenvalue weighted by Crippen LogP contribution is -2.14. The first kappa shape index (κ1) is 12.8. The SMILES string of the molecule is Cc1cccc(Oc2ncccc2/C(N)=N/O)c1F. The molecule has 3 N–H and O–H groups in total. The Labute approximate surface area is 109 Å². The van der Waals surface area contributed by atoms with Crippen molar-refractivity contribution in [1.82, 2.24) is 4.98 Å². The molecule has 0 aliphatic rings. The average molecular weight is 261 g/mol. The maximum absolute atomic E-state index is 13.8. The standard InChI is InChI=1S/C13H12FN3O2/c1-8-4-2-6-10(11(8)14)19-13-9(12(15)17-18)5-3-7-16-13/h2-7,18H,1H3,(H2,15,17). The Hall–Kier alpha value is -2.63. The summed E-state index contributed by atoms with van der Waals surface area (Å²) >= 11 is 0. The van der Waals surface area contributed by atoms with Crippen LogP contribution in [0.1, 0.15) is 11.1 Å². The Balaban J connectivity index is 2.42. The van der Waals surface area contributed by atoms with Crippen molar-refractivity contribution >= 4 is 5.84 Å². The van der Waals surface area contributed by atoms with Gasteiger partial charge in [0, 0.05) is 6.20 Å². The zero-order valence-electron chi connectivity index (χ0n) is 10.2. The van der Waals surface area contributed by atoms with Gasteiger partial charge in [-0.25, -0.2) is 9.37 Å². The summed E-state index contributed by atoms with van der Waals surface area (Å²) in [4.78, 5) is 3.95. The second-order valence-corrected chi connectivity index (χ2v) is 3.83. The monoisotopic (exact) mass is 261 g/mol. The number of aromatic nitrogens is 1. The van der Waals surface area contributed by atoms with Crippen LogP contribution in [-0.4, -0.2) is 16.0 Å². The highest BCUT2D eigenvalue weighted by molar-refractivity contribution is 5.99. The zero-order chi connectivity index (χ0) is 13.8. The van der Waals surface area contributed by atoms with Crippen molar-refractivity contribution in [1.29, 1.82) is 0 Å². The van der Waals surface area contributed by atoms with E-state index in [-0.39, 0.29) is 23.0 Å². The quantitative estimate of drug-likeness (QED) is 0.385. The van der Waals surface area contributed by atoms with Crippen LogP contribution in [0.3, 0.4) is 0 Å². The van der Waals surface area contributed by atoms with Crippen molar-refractivity contribution in [3.8, 4) is 11.6 Å². The third kappa shape index (κ3) is 2.62. The molecule has 0 fully saturated rings. The molecule has 0 saturated carbocycles. The predicted molar refractivity (Wildman–Crippen MR) is 68.0 cm³/mol. The van der Waals surface area contributed by atoms with Gasteiger partial charge in [-0.1, -0.05) is 17.3 Å². The summed E-state index contributed by atoms with van der Waals surface area (Å²) in [6, 6.07) is 7.94. The van der Waals surface area contributed by atoms with E-state index in [2.05, 4.69) is 10.1 Å². The molecule has 1 heterocycles. The highest BCUT2D eigenvalue weighted by atomic mass is 19.1. The molecule has 19 heavy (non-hydrogen) atoms. The number of ether oxygens (including phenoxy) is 1. The summed E-state index contributed by atoms with van der Waals surface area (Å²) in [6.07, 6.45) is 1.47. The van der Waals surface area contributed by atoms with Crippen molar-refractivity contribution in [3.63, 3.8) is 0 Å². The van der Waals surface area contributed by atoms with Gasteiger partial charge in [-0.3, -0.25) is 0 Å². The molecule has 0 saturated heterocycles. The fourth-order valence-corrected chi connectivity index (χ4v) is 1.52. The number of rotatable bonds is 3. The number of hydrogen-bond acceptors (Lipinski definition) is 4. The topological polar surface area (TPSA) is 80.7 Å². The molecule has 2 aromatic rings. The number of pyridine rings is 1. The van der Waals surface area contributed by atoms with E-state index in [1.807, 2.05) is 0 Å². The third-order valence-electron chi connectivity index (χ3n) is 2.52. The van der Waals surface area contributed by atoms with E-state index >= 15 is 0 Å². The van der Waals surface area contributed by atoms with Gasteiger partial charge in [-0.05, 0) is 30.7 Å². The first-order valence-corrected chi connectivity index (χ1v) is 5.49. The van der Waals surface area contributed by atoms with Gasteiger partial charge in [0.25, 0.3) is 0 Å². The number of benzene rings is 1. The van der Waals surface area contributed by atoms with Crippen molar-refractivity contribution in [2.45, 2.75) is 6.92 Å². The lowest BCUT2D eigenvalue weighted by atomic mass is 10.2. The average Bonchev–Trinajstić information content (AvgIpc) is 2.43. The van der Waals surface area contributed by atoms with Crippen LogP contribution in [0.4, 0.5) is 4.39 Å². The van der Waals surface area contributed by atoms with E-state index in [1.54, 1.807) is 31.2 Å². The van der Waals surface area contributed by atoms with E-state index in [0.717, 1.165) is 0 Å². The largest absolute Gasteiger partial charge is 0.435 e. The number of hydrogen-bond donors (Lipinski definition) is 2. The maximum atomic E-state index is 13.8. The third-order valence-corrected chi connectivity index (χ3v) is 2.52. The van der Waals surface area contributed by atoms with E-state index < -0.39 is 5.82 Å². The van der Waals surface area contributed by atoms with Gasteiger partial charge in [-0.15, -0.1) is 0 Å². The molecule has 1 aromatic heterocycles. The molecule has 5 nitrogen and oxygen atoms in total. The van der Waals surface area contributed by atoms with Crippen molar-refractivity contribution in [3.05, 3.63) is 53.5 Å². The molecule has 0 bridgehead atoms. The molecule has 0 amide bonds. The number of nitrogens with two attached hydrogens (primary N) is 1. The smallest absolute Gasteiger partial charge is 0.230 e. The Morgan fingerprint density at radius 2 is 2.16 bits per heavy atom. The molecule has 6 heteroatoms. The Morgan fingerprint density at radius 3 is 2.89 bits per heavy atom. The summed E-state index contributed by atoms with van der Waals surface area (Å²) in [7, 11) is 0. The molecule has 0 aliphatic heterocycles. The molecule has 1 aromatic carbocycles. The predicted octanol–water partition coefficient (Wildman–Crippen LogP) is 2.42. The van der Waals surface area contributed by atoms with Crippen molar-refractivity contribution in [2.24, 2.45) is 10.9 Å². The van der Waals surface area contributed by atoms with Gasteiger partial charge in [0.05, 0.1) is 5.56 Å². The van der Waals surface area contributed by atoms with Crippen LogP contribution in [-0.2, 0) is 0 Å². The summed E-state index contributed by atoms with van der Waals surface area (Å²) in [5.74, 6) is -0.525. The molecule has 0 unspecified atom stereocenters. The van der Waals surface area contributed by atoms with Crippen molar-refractivity contribution < 1.29 is 14.3 Å². The molecular weight excluding hydrogens is 249 g/mol. The molecule has 98 valence electrons. The Morgan fingerprint density at radius 1 is 1.37 bits per heavy atom. The van der Waals surface area contributed by atoms with Crippen LogP contribution in [0.5, 0.6) is 11.6 Å². The highest BCUT2D eigenvalue weighted by Crippen LogP contribution is 2.26. The van der Waals surface area contributed by atoms with Crippen LogP contribution in [0.15, 0.2) is 41.7 Å². The minimum absolute atomic E-state index is 0.0330. The second kappa shape index (κ2) is 5.34. The number of halogens is 1. The summed E-state index contributed by atoms with van der Waals surface area (Å²) < 4.78 is 19.2. The minimum atomic E-state index is -0.474. The van der Waals surface area contributed by atoms with E-state index in [4.69, 9.17) is 15.7 Å². The molecule has 0 radical (unpaired) electrons. The second-order valence-electron chi connectivity index (χ2n) is 3.83.